The van der Waals surface area contributed by atoms with Crippen molar-refractivity contribution in [3.05, 3.63) is 30.2 Å². The Kier molecular flexibility index (Phi) is 5.50. The van der Waals surface area contributed by atoms with E-state index in [-0.39, 0.29) is 0 Å². The molecule has 6 nitrogen and oxygen atoms in total. The van der Waals surface area contributed by atoms with Crippen LogP contribution in [0.1, 0.15) is 37.4 Å². The van der Waals surface area contributed by atoms with E-state index < -0.39 is 0 Å². The predicted molar refractivity (Wildman–Crippen MR) is 86.4 cm³/mol. The van der Waals surface area contributed by atoms with Crippen LogP contribution < -0.4 is 0 Å². The van der Waals surface area contributed by atoms with Gasteiger partial charge in [-0.05, 0) is 38.1 Å². The third kappa shape index (κ3) is 4.10. The van der Waals surface area contributed by atoms with Gasteiger partial charge in [0.15, 0.2) is 5.82 Å². The van der Waals surface area contributed by atoms with Gasteiger partial charge in [0.2, 0.25) is 5.89 Å². The lowest BCUT2D eigenvalue weighted by atomic mass is 9.99. The fraction of sp³-hybridized carbons (Fsp3) is 0.667. The van der Waals surface area contributed by atoms with E-state index in [9.17, 15) is 0 Å². The third-order valence-electron chi connectivity index (χ3n) is 4.12. The molecule has 0 bridgehead atoms. The summed E-state index contributed by atoms with van der Waals surface area (Å²) in [6.07, 6.45) is 10.8. The van der Waals surface area contributed by atoms with E-state index in [1.807, 2.05) is 29.4 Å². The van der Waals surface area contributed by atoms with Crippen molar-refractivity contribution in [1.82, 2.24) is 24.8 Å². The number of aromatic nitrogens is 4. The topological polar surface area (TPSA) is 60.0 Å². The molecule has 7 heteroatoms. The smallest absolute Gasteiger partial charge is 0.240 e. The van der Waals surface area contributed by atoms with Crippen LogP contribution >= 0.6 is 11.8 Å². The van der Waals surface area contributed by atoms with E-state index in [0.717, 1.165) is 43.5 Å². The number of aryl methyl sites for hydroxylation is 1. The lowest BCUT2D eigenvalue weighted by molar-refractivity contribution is 0.113. The summed E-state index contributed by atoms with van der Waals surface area (Å²) >= 11 is 1.71. The summed E-state index contributed by atoms with van der Waals surface area (Å²) in [5.41, 5.74) is 0. The van der Waals surface area contributed by atoms with Crippen LogP contribution in [0.2, 0.25) is 0 Å². The molecular weight excluding hydrogens is 298 g/mol. The molecule has 1 aliphatic heterocycles. The maximum absolute atomic E-state index is 5.38. The van der Waals surface area contributed by atoms with Crippen LogP contribution in [0.4, 0.5) is 0 Å². The lowest BCUT2D eigenvalue weighted by Crippen LogP contribution is -2.39. The Morgan fingerprint density at radius 3 is 3.18 bits per heavy atom. The molecule has 22 heavy (non-hydrogen) atoms. The van der Waals surface area contributed by atoms with Gasteiger partial charge in [-0.1, -0.05) is 11.6 Å². The quantitative estimate of drug-likeness (QED) is 0.781. The zero-order valence-electron chi connectivity index (χ0n) is 13.0. The minimum atomic E-state index is 0.578. The molecule has 0 aliphatic carbocycles. The van der Waals surface area contributed by atoms with Crippen molar-refractivity contribution < 1.29 is 4.52 Å². The molecule has 1 fully saturated rings. The Morgan fingerprint density at radius 1 is 1.41 bits per heavy atom. The van der Waals surface area contributed by atoms with Gasteiger partial charge in [0.1, 0.15) is 0 Å². The third-order valence-corrected chi connectivity index (χ3v) is 4.67. The van der Waals surface area contributed by atoms with Crippen molar-refractivity contribution in [1.29, 1.82) is 0 Å². The largest absolute Gasteiger partial charge is 0.338 e. The van der Waals surface area contributed by atoms with Crippen LogP contribution in [0.15, 0.2) is 23.0 Å². The van der Waals surface area contributed by atoms with Gasteiger partial charge in [0.25, 0.3) is 0 Å². The zero-order valence-corrected chi connectivity index (χ0v) is 13.8. The van der Waals surface area contributed by atoms with Crippen LogP contribution in [0.5, 0.6) is 0 Å². The van der Waals surface area contributed by atoms with Gasteiger partial charge < -0.3 is 4.52 Å². The first kappa shape index (κ1) is 15.6. The maximum atomic E-state index is 5.38. The highest BCUT2D eigenvalue weighted by Crippen LogP contribution is 2.22. The summed E-state index contributed by atoms with van der Waals surface area (Å²) in [7, 11) is 0. The van der Waals surface area contributed by atoms with Gasteiger partial charge in [0.05, 0.1) is 12.3 Å². The van der Waals surface area contributed by atoms with Crippen molar-refractivity contribution >= 4 is 11.8 Å². The highest BCUT2D eigenvalue weighted by Gasteiger charge is 2.24. The Morgan fingerprint density at radius 2 is 2.36 bits per heavy atom. The molecule has 0 N–H and O–H groups in total. The molecule has 1 atom stereocenters. The number of hydrogen-bond donors (Lipinski definition) is 0. The van der Waals surface area contributed by atoms with E-state index >= 15 is 0 Å². The number of likely N-dealkylation sites (tertiary alicyclic amines) is 1. The molecule has 0 unspecified atom stereocenters. The molecule has 1 aliphatic rings. The Labute approximate surface area is 135 Å². The summed E-state index contributed by atoms with van der Waals surface area (Å²) in [5, 5.41) is 8.32. The second kappa shape index (κ2) is 7.78. The summed E-state index contributed by atoms with van der Waals surface area (Å²) in [6.45, 7) is 2.85. The molecular formula is C15H23N5OS. The van der Waals surface area contributed by atoms with E-state index in [2.05, 4.69) is 20.1 Å². The van der Waals surface area contributed by atoms with Crippen LogP contribution in [0, 0.1) is 0 Å². The summed E-state index contributed by atoms with van der Waals surface area (Å²) in [6, 6.07) is 2.55. The molecule has 1 saturated heterocycles. The molecule has 3 rings (SSSR count). The lowest BCUT2D eigenvalue weighted by Gasteiger charge is -2.34. The van der Waals surface area contributed by atoms with Gasteiger partial charge in [-0.2, -0.15) is 21.8 Å². The predicted octanol–water partition coefficient (Wildman–Crippen LogP) is 2.57. The van der Waals surface area contributed by atoms with Crippen LogP contribution in [0.3, 0.4) is 0 Å². The van der Waals surface area contributed by atoms with E-state index in [1.54, 1.807) is 11.8 Å². The van der Waals surface area contributed by atoms with Crippen molar-refractivity contribution in [2.24, 2.45) is 0 Å². The highest BCUT2D eigenvalue weighted by molar-refractivity contribution is 7.97. The van der Waals surface area contributed by atoms with E-state index in [4.69, 9.17) is 4.52 Å². The Balaban J connectivity index is 1.56. The monoisotopic (exact) mass is 321 g/mol. The first-order valence-electron chi connectivity index (χ1n) is 7.87. The number of piperidine rings is 1. The zero-order chi connectivity index (χ0) is 15.2. The maximum Gasteiger partial charge on any atom is 0.240 e. The van der Waals surface area contributed by atoms with Gasteiger partial charge in [-0.3, -0.25) is 9.58 Å². The summed E-state index contributed by atoms with van der Waals surface area (Å²) in [4.78, 5) is 6.97. The average Bonchev–Trinajstić information content (AvgIpc) is 3.19. The summed E-state index contributed by atoms with van der Waals surface area (Å²) in [5.74, 6) is 2.36. The molecule has 2 aromatic rings. The van der Waals surface area contributed by atoms with Crippen molar-refractivity contribution in [2.45, 2.75) is 50.6 Å². The highest BCUT2D eigenvalue weighted by atomic mass is 32.2. The fourth-order valence-corrected chi connectivity index (χ4v) is 3.40. The number of thioether (sulfide) groups is 1. The Hall–Kier alpha value is -1.34. The normalized spacial score (nSPS) is 19.6. The number of hydrogen-bond acceptors (Lipinski definition) is 6. The van der Waals surface area contributed by atoms with E-state index in [0.29, 0.717) is 6.04 Å². The minimum absolute atomic E-state index is 0.578. The number of rotatable bonds is 7. The van der Waals surface area contributed by atoms with Gasteiger partial charge in [-0.25, -0.2) is 0 Å². The summed E-state index contributed by atoms with van der Waals surface area (Å²) < 4.78 is 7.39. The fourth-order valence-electron chi connectivity index (χ4n) is 3.02. The molecule has 120 valence electrons. The molecule has 0 radical (unpaired) electrons. The van der Waals surface area contributed by atoms with Crippen LogP contribution in [-0.4, -0.2) is 43.7 Å². The van der Waals surface area contributed by atoms with Crippen molar-refractivity contribution in [2.75, 3.05) is 12.8 Å². The van der Waals surface area contributed by atoms with Gasteiger partial charge in [0, 0.05) is 25.0 Å². The minimum Gasteiger partial charge on any atom is -0.338 e. The molecule has 2 aromatic heterocycles. The van der Waals surface area contributed by atoms with Crippen LogP contribution in [-0.2, 0) is 18.8 Å². The first-order valence-corrected chi connectivity index (χ1v) is 9.26. The standard InChI is InChI=1S/C15H23N5OS/c1-22-12-14-17-15(21-18-14)11-19-8-3-2-5-13(19)6-10-20-9-4-7-16-20/h4,7,9,13H,2-3,5-6,8,10-12H2,1H3/t13-/m1/s1. The van der Waals surface area contributed by atoms with Crippen LogP contribution in [0.25, 0.3) is 0 Å². The molecule has 0 aromatic carbocycles. The molecule has 0 spiro atoms. The Bertz CT molecular complexity index is 556. The number of nitrogens with zero attached hydrogens (tertiary/aromatic N) is 5. The second-order valence-corrected chi connectivity index (χ2v) is 6.58. The average molecular weight is 321 g/mol. The molecule has 0 saturated carbocycles. The molecule has 0 amide bonds. The first-order chi connectivity index (χ1) is 10.8. The van der Waals surface area contributed by atoms with Crippen molar-refractivity contribution in [3.63, 3.8) is 0 Å². The van der Waals surface area contributed by atoms with Crippen molar-refractivity contribution in [3.8, 4) is 0 Å². The SMILES string of the molecule is CSCc1noc(CN2CCCC[C@@H]2CCn2cccn2)n1. The molecule has 3 heterocycles. The second-order valence-electron chi connectivity index (χ2n) is 5.72. The van der Waals surface area contributed by atoms with Gasteiger partial charge >= 0.3 is 0 Å². The van der Waals surface area contributed by atoms with Gasteiger partial charge in [-0.15, -0.1) is 0 Å². The van der Waals surface area contributed by atoms with E-state index in [1.165, 1.54) is 19.3 Å².